The second kappa shape index (κ2) is 4.89. The number of pyridine rings is 1. The smallest absolute Gasteiger partial charge is 0.255 e. The van der Waals surface area contributed by atoms with Crippen LogP contribution < -0.4 is 5.73 Å². The van der Waals surface area contributed by atoms with Gasteiger partial charge < -0.3 is 15.5 Å². The number of nitrogen functional groups attached to an aromatic ring is 1. The molecule has 0 saturated carbocycles. The monoisotopic (exact) mass is 254 g/mol. The lowest BCUT2D eigenvalue weighted by Gasteiger charge is -2.32. The van der Waals surface area contributed by atoms with Gasteiger partial charge in [0.2, 0.25) is 0 Å². The molecule has 0 spiro atoms. The molecule has 2 heterocycles. The molecule has 2 rings (SSSR count). The summed E-state index contributed by atoms with van der Waals surface area (Å²) in [5.74, 6) is 0.240. The van der Waals surface area contributed by atoms with Crippen LogP contribution in [0.4, 0.5) is 5.82 Å². The first-order chi connectivity index (χ1) is 8.08. The summed E-state index contributed by atoms with van der Waals surface area (Å²) in [6.45, 7) is 3.19. The van der Waals surface area contributed by atoms with E-state index in [1.165, 1.54) is 12.3 Å². The largest absolute Gasteiger partial charge is 0.384 e. The topological polar surface area (TPSA) is 62.5 Å². The van der Waals surface area contributed by atoms with Crippen LogP contribution >= 0.6 is 11.6 Å². The van der Waals surface area contributed by atoms with Crippen molar-refractivity contribution in [3.63, 3.8) is 0 Å². The van der Waals surface area contributed by atoms with Crippen LogP contribution in [0.25, 0.3) is 0 Å². The lowest BCUT2D eigenvalue weighted by molar-refractivity contribution is 0.0664. The molecule has 0 unspecified atom stereocenters. The zero-order chi connectivity index (χ0) is 12.4. The maximum absolute atomic E-state index is 12.2. The minimum atomic E-state index is -0.0720. The van der Waals surface area contributed by atoms with E-state index in [0.29, 0.717) is 29.5 Å². The highest BCUT2D eigenvalue weighted by molar-refractivity contribution is 6.33. The Morgan fingerprint density at radius 1 is 1.41 bits per heavy atom. The Hall–Kier alpha value is -1.33. The van der Waals surface area contributed by atoms with Gasteiger partial charge in [0.15, 0.2) is 0 Å². The predicted molar refractivity (Wildman–Crippen MR) is 67.1 cm³/mol. The van der Waals surface area contributed by atoms with Crippen molar-refractivity contribution in [2.45, 2.75) is 0 Å². The van der Waals surface area contributed by atoms with Gasteiger partial charge in [-0.3, -0.25) is 4.79 Å². The summed E-state index contributed by atoms with van der Waals surface area (Å²) in [5, 5.41) is 0.350. The van der Waals surface area contributed by atoms with Crippen LogP contribution in [0.3, 0.4) is 0 Å². The number of anilines is 1. The highest BCUT2D eigenvalue weighted by Gasteiger charge is 2.22. The predicted octanol–water partition coefficient (Wildman–Crippen LogP) is 0.705. The van der Waals surface area contributed by atoms with Crippen molar-refractivity contribution in [3.05, 3.63) is 22.8 Å². The third-order valence-corrected chi connectivity index (χ3v) is 3.20. The van der Waals surface area contributed by atoms with Crippen LogP contribution in [0.15, 0.2) is 12.3 Å². The highest BCUT2D eigenvalue weighted by atomic mass is 35.5. The zero-order valence-corrected chi connectivity index (χ0v) is 10.4. The molecule has 92 valence electrons. The molecule has 0 bridgehead atoms. The molecule has 5 nitrogen and oxygen atoms in total. The van der Waals surface area contributed by atoms with E-state index in [4.69, 9.17) is 17.3 Å². The summed E-state index contributed by atoms with van der Waals surface area (Å²) < 4.78 is 0. The number of piperazine rings is 1. The number of nitrogens with zero attached hydrogens (tertiary/aromatic N) is 3. The number of aromatic nitrogens is 1. The molecule has 2 N–H and O–H groups in total. The van der Waals surface area contributed by atoms with Gasteiger partial charge >= 0.3 is 0 Å². The van der Waals surface area contributed by atoms with E-state index < -0.39 is 0 Å². The van der Waals surface area contributed by atoms with Crippen molar-refractivity contribution in [3.8, 4) is 0 Å². The van der Waals surface area contributed by atoms with E-state index in [-0.39, 0.29) is 5.91 Å². The van der Waals surface area contributed by atoms with Gasteiger partial charge in [-0.1, -0.05) is 11.6 Å². The third kappa shape index (κ3) is 2.68. The van der Waals surface area contributed by atoms with Gasteiger partial charge in [-0.15, -0.1) is 0 Å². The molecule has 6 heteroatoms. The van der Waals surface area contributed by atoms with Gasteiger partial charge in [-0.25, -0.2) is 4.98 Å². The van der Waals surface area contributed by atoms with Crippen LogP contribution in [0, 0.1) is 0 Å². The Balaban J connectivity index is 2.16. The lowest BCUT2D eigenvalue weighted by atomic mass is 10.2. The molecule has 1 aromatic rings. The van der Waals surface area contributed by atoms with Crippen molar-refractivity contribution in [2.75, 3.05) is 39.0 Å². The van der Waals surface area contributed by atoms with Crippen molar-refractivity contribution in [1.29, 1.82) is 0 Å². The zero-order valence-electron chi connectivity index (χ0n) is 9.69. The van der Waals surface area contributed by atoms with Gasteiger partial charge in [0.25, 0.3) is 5.91 Å². The maximum atomic E-state index is 12.2. The first kappa shape index (κ1) is 12.1. The van der Waals surface area contributed by atoms with Crippen molar-refractivity contribution in [1.82, 2.24) is 14.8 Å². The molecule has 17 heavy (non-hydrogen) atoms. The fourth-order valence-corrected chi connectivity index (χ4v) is 1.98. The first-order valence-corrected chi connectivity index (χ1v) is 5.84. The first-order valence-electron chi connectivity index (χ1n) is 5.47. The van der Waals surface area contributed by atoms with Crippen LogP contribution in [0.1, 0.15) is 10.4 Å². The number of carbonyl (C=O) groups excluding carboxylic acids is 1. The summed E-state index contributed by atoms with van der Waals surface area (Å²) in [4.78, 5) is 20.0. The third-order valence-electron chi connectivity index (χ3n) is 2.90. The number of likely N-dealkylation sites (N-methyl/N-ethyl adjacent to an activating group) is 1. The van der Waals surface area contributed by atoms with Gasteiger partial charge in [-0.2, -0.15) is 0 Å². The van der Waals surface area contributed by atoms with E-state index in [0.717, 1.165) is 13.1 Å². The summed E-state index contributed by atoms with van der Waals surface area (Å²) in [7, 11) is 2.04. The maximum Gasteiger partial charge on any atom is 0.255 e. The van der Waals surface area contributed by atoms with E-state index in [1.54, 1.807) is 4.90 Å². The molecular formula is C11H15ClN4O. The average Bonchev–Trinajstić information content (AvgIpc) is 2.32. The molecule has 1 aromatic heterocycles. The normalized spacial score (nSPS) is 17.2. The Bertz CT molecular complexity index is 429. The van der Waals surface area contributed by atoms with Crippen LogP contribution in [0.5, 0.6) is 0 Å². The Kier molecular flexibility index (Phi) is 3.49. The Morgan fingerprint density at radius 3 is 2.71 bits per heavy atom. The van der Waals surface area contributed by atoms with E-state index in [2.05, 4.69) is 9.88 Å². The van der Waals surface area contributed by atoms with Crippen molar-refractivity contribution < 1.29 is 4.79 Å². The molecular weight excluding hydrogens is 240 g/mol. The van der Waals surface area contributed by atoms with E-state index >= 15 is 0 Å². The van der Waals surface area contributed by atoms with E-state index in [1.807, 2.05) is 7.05 Å². The average molecular weight is 255 g/mol. The summed E-state index contributed by atoms with van der Waals surface area (Å²) >= 11 is 5.96. The number of amides is 1. The summed E-state index contributed by atoms with van der Waals surface area (Å²) in [6, 6.07) is 1.53. The molecule has 1 saturated heterocycles. The van der Waals surface area contributed by atoms with Gasteiger partial charge in [0.05, 0.1) is 10.6 Å². The van der Waals surface area contributed by atoms with Gasteiger partial charge in [-0.05, 0) is 13.1 Å². The van der Waals surface area contributed by atoms with Crippen LogP contribution in [-0.4, -0.2) is 53.9 Å². The SMILES string of the molecule is CN1CCN(C(=O)c2cc(N)ncc2Cl)CC1. The quantitative estimate of drug-likeness (QED) is 0.802. The molecule has 1 fully saturated rings. The molecule has 0 aromatic carbocycles. The van der Waals surface area contributed by atoms with Crippen molar-refractivity contribution in [2.24, 2.45) is 0 Å². The van der Waals surface area contributed by atoms with Gasteiger partial charge in [0.1, 0.15) is 5.82 Å². The molecule has 0 radical (unpaired) electrons. The molecule has 0 atom stereocenters. The Morgan fingerprint density at radius 2 is 2.06 bits per heavy atom. The van der Waals surface area contributed by atoms with Gasteiger partial charge in [0, 0.05) is 32.4 Å². The second-order valence-electron chi connectivity index (χ2n) is 4.18. The van der Waals surface area contributed by atoms with Crippen LogP contribution in [-0.2, 0) is 0 Å². The minimum Gasteiger partial charge on any atom is -0.384 e. The number of hydrogen-bond acceptors (Lipinski definition) is 4. The number of rotatable bonds is 1. The molecule has 1 amide bonds. The fraction of sp³-hybridized carbons (Fsp3) is 0.455. The fourth-order valence-electron chi connectivity index (χ4n) is 1.80. The molecule has 0 aliphatic carbocycles. The second-order valence-corrected chi connectivity index (χ2v) is 4.59. The lowest BCUT2D eigenvalue weighted by Crippen LogP contribution is -2.47. The Labute approximate surface area is 105 Å². The highest BCUT2D eigenvalue weighted by Crippen LogP contribution is 2.19. The van der Waals surface area contributed by atoms with E-state index in [9.17, 15) is 4.79 Å². The molecule has 1 aliphatic rings. The number of hydrogen-bond donors (Lipinski definition) is 1. The van der Waals surface area contributed by atoms with Crippen molar-refractivity contribution >= 4 is 23.3 Å². The minimum absolute atomic E-state index is 0.0720. The summed E-state index contributed by atoms with van der Waals surface area (Å²) in [5.41, 5.74) is 6.00. The number of nitrogens with two attached hydrogens (primary N) is 1. The number of halogens is 1. The van der Waals surface area contributed by atoms with Crippen LogP contribution in [0.2, 0.25) is 5.02 Å². The standard InChI is InChI=1S/C11H15ClN4O/c1-15-2-4-16(5-3-15)11(17)8-6-10(13)14-7-9(8)12/h6-7H,2-5H2,1H3,(H2,13,14). The number of carbonyl (C=O) groups is 1. The molecule has 1 aliphatic heterocycles. The summed E-state index contributed by atoms with van der Waals surface area (Å²) in [6.07, 6.45) is 1.42.